The van der Waals surface area contributed by atoms with Crippen LogP contribution in [0.1, 0.15) is 42.5 Å². The van der Waals surface area contributed by atoms with E-state index in [9.17, 15) is 9.59 Å². The van der Waals surface area contributed by atoms with E-state index in [-0.39, 0.29) is 6.04 Å². The van der Waals surface area contributed by atoms with Crippen LogP contribution in [0.3, 0.4) is 0 Å². The number of aryl methyl sites for hydroxylation is 2. The molecule has 3 rings (SSSR count). The Morgan fingerprint density at radius 2 is 1.96 bits per heavy atom. The van der Waals surface area contributed by atoms with Gasteiger partial charge in [0.05, 0.1) is 6.04 Å². The summed E-state index contributed by atoms with van der Waals surface area (Å²) < 4.78 is 0. The highest BCUT2D eigenvalue weighted by Gasteiger charge is 2.25. The van der Waals surface area contributed by atoms with Crippen molar-refractivity contribution in [2.75, 3.05) is 25.0 Å². The van der Waals surface area contributed by atoms with E-state index in [2.05, 4.69) is 32.4 Å². The zero-order chi connectivity index (χ0) is 19.2. The number of nitrogens with one attached hydrogen (secondary N) is 2. The van der Waals surface area contributed by atoms with Gasteiger partial charge in [-0.1, -0.05) is 25.1 Å². The van der Waals surface area contributed by atoms with Crippen molar-refractivity contribution < 1.29 is 9.59 Å². The van der Waals surface area contributed by atoms with E-state index in [4.69, 9.17) is 0 Å². The van der Waals surface area contributed by atoms with Crippen molar-refractivity contribution in [2.45, 2.75) is 39.2 Å². The van der Waals surface area contributed by atoms with Crippen LogP contribution in [0.15, 0.2) is 35.0 Å². The fraction of sp³-hybridized carbons (Fsp3) is 0.429. The molecule has 0 spiro atoms. The third-order valence-corrected chi connectivity index (χ3v) is 5.85. The maximum Gasteiger partial charge on any atom is 0.313 e. The van der Waals surface area contributed by atoms with Crippen LogP contribution < -0.4 is 10.6 Å². The number of para-hydroxylation sites is 1. The highest BCUT2D eigenvalue weighted by atomic mass is 32.1. The van der Waals surface area contributed by atoms with Crippen molar-refractivity contribution in [1.29, 1.82) is 0 Å². The first-order chi connectivity index (χ1) is 13.1. The monoisotopic (exact) mass is 385 g/mol. The summed E-state index contributed by atoms with van der Waals surface area (Å²) in [5.74, 6) is -1.19. The average Bonchev–Trinajstić information content (AvgIpc) is 3.37. The number of carbonyl (C=O) groups excluding carboxylic acids is 2. The molecule has 1 unspecified atom stereocenters. The van der Waals surface area contributed by atoms with Crippen molar-refractivity contribution >= 4 is 28.8 Å². The second-order valence-corrected chi connectivity index (χ2v) is 7.72. The molecule has 1 saturated heterocycles. The van der Waals surface area contributed by atoms with Crippen molar-refractivity contribution in [3.05, 3.63) is 51.7 Å². The lowest BCUT2D eigenvalue weighted by molar-refractivity contribution is -0.136. The number of thiophene rings is 1. The Morgan fingerprint density at radius 3 is 2.63 bits per heavy atom. The first kappa shape index (κ1) is 19.6. The van der Waals surface area contributed by atoms with Gasteiger partial charge < -0.3 is 10.6 Å². The largest absolute Gasteiger partial charge is 0.346 e. The molecule has 1 aromatic heterocycles. The van der Waals surface area contributed by atoms with Crippen molar-refractivity contribution in [2.24, 2.45) is 0 Å². The van der Waals surface area contributed by atoms with Crippen LogP contribution in [0.2, 0.25) is 0 Å². The number of hydrogen-bond donors (Lipinski definition) is 2. The molecule has 0 saturated carbocycles. The molecule has 0 radical (unpaired) electrons. The lowest BCUT2D eigenvalue weighted by Crippen LogP contribution is -2.41. The van der Waals surface area contributed by atoms with E-state index in [0.717, 1.165) is 36.3 Å². The van der Waals surface area contributed by atoms with Gasteiger partial charge in [-0.3, -0.25) is 14.5 Å². The van der Waals surface area contributed by atoms with Gasteiger partial charge in [-0.25, -0.2) is 0 Å². The number of likely N-dealkylation sites (tertiary alicyclic amines) is 1. The maximum absolute atomic E-state index is 12.4. The van der Waals surface area contributed by atoms with Crippen LogP contribution in [-0.4, -0.2) is 36.3 Å². The van der Waals surface area contributed by atoms with E-state index in [1.807, 2.05) is 32.0 Å². The molecule has 27 heavy (non-hydrogen) atoms. The number of nitrogens with zero attached hydrogens (tertiary/aromatic N) is 1. The van der Waals surface area contributed by atoms with Gasteiger partial charge in [0, 0.05) is 12.2 Å². The van der Waals surface area contributed by atoms with Crippen LogP contribution in [0.25, 0.3) is 0 Å². The summed E-state index contributed by atoms with van der Waals surface area (Å²) >= 11 is 1.66. The first-order valence-corrected chi connectivity index (χ1v) is 10.5. The fourth-order valence-electron chi connectivity index (χ4n) is 3.62. The summed E-state index contributed by atoms with van der Waals surface area (Å²) in [5.41, 5.74) is 3.94. The number of amides is 2. The van der Waals surface area contributed by atoms with E-state index >= 15 is 0 Å². The number of rotatable bonds is 6. The van der Waals surface area contributed by atoms with Crippen LogP contribution >= 0.6 is 11.3 Å². The summed E-state index contributed by atoms with van der Waals surface area (Å²) in [6.45, 7) is 6.48. The van der Waals surface area contributed by atoms with Gasteiger partial charge in [-0.2, -0.15) is 11.3 Å². The Bertz CT molecular complexity index is 783. The maximum atomic E-state index is 12.4. The summed E-state index contributed by atoms with van der Waals surface area (Å²) in [4.78, 5) is 27.2. The Hall–Kier alpha value is -2.18. The van der Waals surface area contributed by atoms with Crippen LogP contribution in [0.5, 0.6) is 0 Å². The van der Waals surface area contributed by atoms with Crippen molar-refractivity contribution in [3.8, 4) is 0 Å². The summed E-state index contributed by atoms with van der Waals surface area (Å²) in [6, 6.07) is 8.10. The van der Waals surface area contributed by atoms with E-state index in [1.165, 1.54) is 18.4 Å². The topological polar surface area (TPSA) is 61.4 Å². The van der Waals surface area contributed by atoms with E-state index in [1.54, 1.807) is 11.3 Å². The zero-order valence-electron chi connectivity index (χ0n) is 16.0. The molecule has 6 heteroatoms. The SMILES string of the molecule is CCc1cccc(C)c1NC(=O)C(=O)NCC(c1ccsc1)N1CCCC1. The first-order valence-electron chi connectivity index (χ1n) is 9.54. The van der Waals surface area contributed by atoms with Gasteiger partial charge in [-0.05, 0) is 72.8 Å². The second-order valence-electron chi connectivity index (χ2n) is 6.94. The number of anilines is 1. The quantitative estimate of drug-likeness (QED) is 0.748. The zero-order valence-corrected chi connectivity index (χ0v) is 16.8. The van der Waals surface area contributed by atoms with Crippen LogP contribution in [0, 0.1) is 6.92 Å². The lowest BCUT2D eigenvalue weighted by atomic mass is 10.1. The van der Waals surface area contributed by atoms with Crippen LogP contribution in [-0.2, 0) is 16.0 Å². The Labute approximate surface area is 164 Å². The van der Waals surface area contributed by atoms with E-state index in [0.29, 0.717) is 6.54 Å². The van der Waals surface area contributed by atoms with Gasteiger partial charge in [-0.15, -0.1) is 0 Å². The second kappa shape index (κ2) is 9.15. The lowest BCUT2D eigenvalue weighted by Gasteiger charge is -2.27. The highest BCUT2D eigenvalue weighted by molar-refractivity contribution is 7.08. The van der Waals surface area contributed by atoms with Gasteiger partial charge in [0.1, 0.15) is 0 Å². The molecule has 2 amide bonds. The van der Waals surface area contributed by atoms with Gasteiger partial charge in [0.15, 0.2) is 0 Å². The predicted molar refractivity (Wildman–Crippen MR) is 110 cm³/mol. The van der Waals surface area contributed by atoms with Crippen molar-refractivity contribution in [1.82, 2.24) is 10.2 Å². The van der Waals surface area contributed by atoms with Crippen molar-refractivity contribution in [3.63, 3.8) is 0 Å². The normalized spacial score (nSPS) is 15.5. The minimum absolute atomic E-state index is 0.125. The molecule has 1 atom stereocenters. The Morgan fingerprint density at radius 1 is 1.19 bits per heavy atom. The summed E-state index contributed by atoms with van der Waals surface area (Å²) in [5, 5.41) is 9.81. The smallest absolute Gasteiger partial charge is 0.313 e. The molecule has 2 heterocycles. The number of hydrogen-bond acceptors (Lipinski definition) is 4. The predicted octanol–water partition coefficient (Wildman–Crippen LogP) is 3.51. The van der Waals surface area contributed by atoms with Gasteiger partial charge in [0.2, 0.25) is 0 Å². The van der Waals surface area contributed by atoms with E-state index < -0.39 is 11.8 Å². The molecule has 5 nitrogen and oxygen atoms in total. The molecule has 144 valence electrons. The average molecular weight is 386 g/mol. The van der Waals surface area contributed by atoms with Crippen LogP contribution in [0.4, 0.5) is 5.69 Å². The third kappa shape index (κ3) is 4.76. The van der Waals surface area contributed by atoms with Gasteiger partial charge >= 0.3 is 11.8 Å². The minimum Gasteiger partial charge on any atom is -0.346 e. The molecule has 2 N–H and O–H groups in total. The molecule has 1 aromatic carbocycles. The molecular formula is C21H27N3O2S. The molecule has 1 aliphatic heterocycles. The third-order valence-electron chi connectivity index (χ3n) is 5.15. The fourth-order valence-corrected chi connectivity index (χ4v) is 4.32. The number of carbonyl (C=O) groups is 2. The molecule has 1 fully saturated rings. The molecule has 2 aromatic rings. The Balaban J connectivity index is 1.63. The molecule has 1 aliphatic rings. The molecule has 0 bridgehead atoms. The standard InChI is InChI=1S/C21H27N3O2S/c1-3-16-8-6-7-15(2)19(16)23-21(26)20(25)22-13-18(17-9-12-27-14-17)24-10-4-5-11-24/h6-9,12,14,18H,3-5,10-11,13H2,1-2H3,(H,22,25)(H,23,26). The summed E-state index contributed by atoms with van der Waals surface area (Å²) in [7, 11) is 0. The molecule has 0 aliphatic carbocycles. The Kier molecular flexibility index (Phi) is 6.63. The highest BCUT2D eigenvalue weighted by Crippen LogP contribution is 2.26. The molecular weight excluding hydrogens is 358 g/mol. The van der Waals surface area contributed by atoms with Gasteiger partial charge in [0.25, 0.3) is 0 Å². The minimum atomic E-state index is -0.607. The number of benzene rings is 1. The summed E-state index contributed by atoms with van der Waals surface area (Å²) in [6.07, 6.45) is 3.17.